The second-order valence-corrected chi connectivity index (χ2v) is 10.7. The number of urea groups is 1. The minimum absolute atomic E-state index is 0.228. The van der Waals surface area contributed by atoms with Crippen molar-refractivity contribution in [2.24, 2.45) is 5.10 Å². The average Bonchev–Trinajstić information content (AvgIpc) is 2.67. The second kappa shape index (κ2) is 6.90. The number of hydrazone groups is 1. The van der Waals surface area contributed by atoms with Crippen LogP contribution >= 0.6 is 0 Å². The number of amides is 2. The Balaban J connectivity index is 1.65. The van der Waals surface area contributed by atoms with Crippen molar-refractivity contribution < 1.29 is 13.9 Å². The van der Waals surface area contributed by atoms with Gasteiger partial charge in [0.2, 0.25) is 0 Å². The summed E-state index contributed by atoms with van der Waals surface area (Å²) in [6, 6.07) is 10.5. The summed E-state index contributed by atoms with van der Waals surface area (Å²) in [5.74, 6) is 0.472. The van der Waals surface area contributed by atoms with Crippen molar-refractivity contribution in [2.75, 3.05) is 26.7 Å². The van der Waals surface area contributed by atoms with Gasteiger partial charge in [0.25, 0.3) is 0 Å². The number of hydrogen-bond acceptors (Lipinski definition) is 4. The number of ether oxygens (including phenoxy) is 1. The number of benzene rings is 2. The molecular weight excluding hydrogens is 422 g/mol. The number of halogens is 1. The van der Waals surface area contributed by atoms with Crippen molar-refractivity contribution >= 4 is 31.8 Å². The summed E-state index contributed by atoms with van der Waals surface area (Å²) in [6.45, 7) is 2.34. The van der Waals surface area contributed by atoms with E-state index >= 15 is 0 Å². The molecule has 5 rings (SSSR count). The van der Waals surface area contributed by atoms with Crippen molar-refractivity contribution in [3.8, 4) is 16.9 Å². The molecule has 0 aromatic heterocycles. The third-order valence-corrected chi connectivity index (χ3v) is 8.68. The van der Waals surface area contributed by atoms with E-state index in [2.05, 4.69) is 21.9 Å². The van der Waals surface area contributed by atoms with Gasteiger partial charge in [-0.25, -0.2) is 0 Å². The fourth-order valence-corrected chi connectivity index (χ4v) is 7.04. The number of hydrogen-bond donors (Lipinski definition) is 2. The van der Waals surface area contributed by atoms with E-state index < -0.39 is 15.8 Å². The number of nitrogens with one attached hydrogen (secondary N) is 2. The minimum atomic E-state index is -0.481. The average molecular weight is 442 g/mol. The molecule has 2 N–H and O–H groups in total. The summed E-state index contributed by atoms with van der Waals surface area (Å²) in [7, 11) is 1.76. The van der Waals surface area contributed by atoms with Crippen LogP contribution in [0, 0.1) is 5.82 Å². The molecule has 0 aliphatic carbocycles. The molecule has 6 nitrogen and oxygen atoms in total. The molecule has 2 amide bonds. The molecule has 28 heavy (non-hydrogen) atoms. The van der Waals surface area contributed by atoms with Gasteiger partial charge in [0.05, 0.1) is 0 Å². The van der Waals surface area contributed by atoms with Gasteiger partial charge >= 0.3 is 169 Å². The zero-order valence-corrected chi connectivity index (χ0v) is 17.4. The summed E-state index contributed by atoms with van der Waals surface area (Å²) in [4.78, 5) is 13.8. The van der Waals surface area contributed by atoms with Crippen LogP contribution in [0.4, 0.5) is 9.18 Å². The van der Waals surface area contributed by atoms with Crippen molar-refractivity contribution in [1.29, 1.82) is 0 Å². The zero-order valence-electron chi connectivity index (χ0n) is 15.3. The van der Waals surface area contributed by atoms with E-state index in [1.807, 2.05) is 18.2 Å². The molecular formula is C20H20AsFN4O2. The van der Waals surface area contributed by atoms with Gasteiger partial charge in [0, 0.05) is 0 Å². The van der Waals surface area contributed by atoms with E-state index in [0.717, 1.165) is 29.9 Å². The summed E-state index contributed by atoms with van der Waals surface area (Å²) in [5, 5.41) is 7.51. The Morgan fingerprint density at radius 3 is 2.82 bits per heavy atom. The monoisotopic (exact) mass is 442 g/mol. The van der Waals surface area contributed by atoms with Gasteiger partial charge in [0.1, 0.15) is 0 Å². The van der Waals surface area contributed by atoms with E-state index in [1.165, 1.54) is 10.4 Å². The first-order valence-electron chi connectivity index (χ1n) is 9.24. The van der Waals surface area contributed by atoms with Gasteiger partial charge in [-0.3, -0.25) is 0 Å². The third kappa shape index (κ3) is 2.90. The maximum absolute atomic E-state index is 14.6. The molecule has 144 valence electrons. The zero-order chi connectivity index (χ0) is 19.3. The number of fused-ring (bicyclic) bond motifs is 3. The maximum atomic E-state index is 14.6. The predicted octanol–water partition coefficient (Wildman–Crippen LogP) is 1.39. The molecule has 2 unspecified atom stereocenters. The summed E-state index contributed by atoms with van der Waals surface area (Å²) in [5.41, 5.74) is 5.75. The van der Waals surface area contributed by atoms with Gasteiger partial charge in [-0.05, 0) is 0 Å². The standard InChI is InChI=1S/C20H20AsFN4O2/c1-26-19-14-6-15(21-11-8-23-9-11)13(12-4-2-3-5-16(12)22)7-18(14)28-10-17(19)24-25-20(26)27/h2-7,11,19,21,23H,8-10H2,1H3,(H,25,27). The van der Waals surface area contributed by atoms with Crippen LogP contribution in [0.15, 0.2) is 41.5 Å². The molecule has 2 aromatic carbocycles. The molecule has 0 bridgehead atoms. The van der Waals surface area contributed by atoms with Crippen LogP contribution in [0.25, 0.3) is 11.1 Å². The number of nitrogens with zero attached hydrogens (tertiary/aromatic N) is 2. The van der Waals surface area contributed by atoms with Gasteiger partial charge in [0.15, 0.2) is 0 Å². The normalized spacial score (nSPS) is 21.5. The van der Waals surface area contributed by atoms with Crippen LogP contribution in [-0.2, 0) is 0 Å². The van der Waals surface area contributed by atoms with Crippen LogP contribution in [-0.4, -0.2) is 59.1 Å². The molecule has 2 aromatic rings. The Kier molecular flexibility index (Phi) is 4.37. The van der Waals surface area contributed by atoms with Crippen molar-refractivity contribution in [3.63, 3.8) is 0 Å². The second-order valence-electron chi connectivity index (χ2n) is 7.24. The molecule has 1 fully saturated rings. The third-order valence-electron chi connectivity index (χ3n) is 5.44. The molecule has 3 aliphatic heterocycles. The molecule has 3 aliphatic rings. The van der Waals surface area contributed by atoms with E-state index in [4.69, 9.17) is 4.74 Å². The first kappa shape index (κ1) is 17.7. The Morgan fingerprint density at radius 1 is 1.25 bits per heavy atom. The SMILES string of the molecule is CN1C(=O)NN=C2COc3cc(-c4ccccc4F)c([AsH]C4CNC4)cc3C21. The fourth-order valence-electron chi connectivity index (χ4n) is 3.82. The first-order chi connectivity index (χ1) is 13.6. The number of carbonyl (C=O) groups is 1. The molecule has 1 saturated heterocycles. The molecule has 0 spiro atoms. The quantitative estimate of drug-likeness (QED) is 0.707. The Hall–Kier alpha value is -2.37. The topological polar surface area (TPSA) is 66.0 Å². The summed E-state index contributed by atoms with van der Waals surface area (Å²) in [6.07, 6.45) is 0. The van der Waals surface area contributed by atoms with Gasteiger partial charge < -0.3 is 0 Å². The Morgan fingerprint density at radius 2 is 2.07 bits per heavy atom. The van der Waals surface area contributed by atoms with Crippen LogP contribution in [0.2, 0.25) is 4.71 Å². The van der Waals surface area contributed by atoms with Gasteiger partial charge in [-0.2, -0.15) is 0 Å². The predicted molar refractivity (Wildman–Crippen MR) is 107 cm³/mol. The summed E-state index contributed by atoms with van der Waals surface area (Å²) >= 11 is -0.481. The molecule has 2 atom stereocenters. The van der Waals surface area contributed by atoms with Crippen molar-refractivity contribution in [2.45, 2.75) is 10.7 Å². The van der Waals surface area contributed by atoms with Crippen molar-refractivity contribution in [1.82, 2.24) is 15.6 Å². The van der Waals surface area contributed by atoms with Crippen molar-refractivity contribution in [3.05, 3.63) is 47.8 Å². The van der Waals surface area contributed by atoms with E-state index in [0.29, 0.717) is 22.6 Å². The summed E-state index contributed by atoms with van der Waals surface area (Å²) < 4.78 is 22.4. The van der Waals surface area contributed by atoms with Crippen LogP contribution in [0.5, 0.6) is 5.75 Å². The molecule has 0 saturated carbocycles. The Labute approximate surface area is 168 Å². The van der Waals surface area contributed by atoms with Crippen LogP contribution < -0.4 is 19.8 Å². The molecule has 0 radical (unpaired) electrons. The first-order valence-corrected chi connectivity index (χ1v) is 11.5. The Bertz CT molecular complexity index is 992. The van der Waals surface area contributed by atoms with E-state index in [-0.39, 0.29) is 17.9 Å². The number of carbonyl (C=O) groups excluding carboxylic acids is 1. The van der Waals surface area contributed by atoms with Crippen LogP contribution in [0.1, 0.15) is 11.6 Å². The van der Waals surface area contributed by atoms with Crippen LogP contribution in [0.3, 0.4) is 0 Å². The van der Waals surface area contributed by atoms with E-state index in [1.54, 1.807) is 18.0 Å². The molecule has 8 heteroatoms. The van der Waals surface area contributed by atoms with E-state index in [9.17, 15) is 9.18 Å². The van der Waals surface area contributed by atoms with Gasteiger partial charge in [-0.1, -0.05) is 0 Å². The molecule has 3 heterocycles. The fraction of sp³-hybridized carbons (Fsp3) is 0.300. The van der Waals surface area contributed by atoms with Gasteiger partial charge in [-0.15, -0.1) is 0 Å². The number of rotatable bonds is 3.